The van der Waals surface area contributed by atoms with Crippen LogP contribution in [0.4, 0.5) is 11.4 Å². The second-order valence-corrected chi connectivity index (χ2v) is 6.54. The van der Waals surface area contributed by atoms with Crippen molar-refractivity contribution in [3.05, 3.63) is 42.2 Å². The predicted molar refractivity (Wildman–Crippen MR) is 103 cm³/mol. The molecule has 1 aromatic carbocycles. The van der Waals surface area contributed by atoms with E-state index < -0.39 is 6.10 Å². The van der Waals surface area contributed by atoms with Crippen LogP contribution >= 0.6 is 0 Å². The van der Waals surface area contributed by atoms with Gasteiger partial charge in [-0.05, 0) is 31.9 Å². The molecule has 1 atom stereocenters. The number of hydrogen-bond donors (Lipinski definition) is 1. The Labute approximate surface area is 157 Å². The molecule has 1 unspecified atom stereocenters. The Hall–Kier alpha value is -3.16. The standard InChI is InChI=1S/C19H23N5O3/c1-13(15-6-4-7-16(10-15)21-14(2)25)22-27-18-8-5-9-24(19(18)26)17-11-20-23(3)12-17/h4,6-7,10-12,18H,5,8-9H2,1-3H3,(H,21,25). The van der Waals surface area contributed by atoms with Crippen molar-refractivity contribution in [2.75, 3.05) is 16.8 Å². The van der Waals surface area contributed by atoms with Crippen LogP contribution in [0.3, 0.4) is 0 Å². The average molecular weight is 369 g/mol. The molecule has 1 aliphatic rings. The molecular weight excluding hydrogens is 346 g/mol. The summed E-state index contributed by atoms with van der Waals surface area (Å²) in [5.74, 6) is -0.251. The molecule has 1 saturated heterocycles. The van der Waals surface area contributed by atoms with Gasteiger partial charge < -0.3 is 15.1 Å². The Bertz CT molecular complexity index is 874. The van der Waals surface area contributed by atoms with Crippen molar-refractivity contribution >= 4 is 28.9 Å². The zero-order valence-corrected chi connectivity index (χ0v) is 15.7. The molecule has 8 nitrogen and oxygen atoms in total. The van der Waals surface area contributed by atoms with Crippen molar-refractivity contribution in [3.8, 4) is 0 Å². The lowest BCUT2D eigenvalue weighted by Gasteiger charge is -2.29. The summed E-state index contributed by atoms with van der Waals surface area (Å²) in [6.45, 7) is 3.91. The fourth-order valence-electron chi connectivity index (χ4n) is 2.96. The Balaban J connectivity index is 1.69. The number of nitrogens with one attached hydrogen (secondary N) is 1. The van der Waals surface area contributed by atoms with E-state index in [9.17, 15) is 9.59 Å². The molecule has 0 saturated carbocycles. The molecule has 1 aromatic heterocycles. The molecule has 0 bridgehead atoms. The number of oxime groups is 1. The lowest BCUT2D eigenvalue weighted by Crippen LogP contribution is -2.45. The first-order chi connectivity index (χ1) is 12.9. The van der Waals surface area contributed by atoms with E-state index in [1.54, 1.807) is 28.8 Å². The smallest absolute Gasteiger partial charge is 0.270 e. The van der Waals surface area contributed by atoms with Gasteiger partial charge in [0.1, 0.15) is 0 Å². The van der Waals surface area contributed by atoms with Crippen LogP contribution in [0.5, 0.6) is 0 Å². The van der Waals surface area contributed by atoms with Gasteiger partial charge in [-0.3, -0.25) is 14.3 Å². The van der Waals surface area contributed by atoms with E-state index in [4.69, 9.17) is 4.84 Å². The zero-order chi connectivity index (χ0) is 19.4. The van der Waals surface area contributed by atoms with E-state index in [0.717, 1.165) is 17.7 Å². The minimum absolute atomic E-state index is 0.113. The number of benzene rings is 1. The third-order valence-electron chi connectivity index (χ3n) is 4.31. The van der Waals surface area contributed by atoms with Crippen LogP contribution in [0.1, 0.15) is 32.3 Å². The van der Waals surface area contributed by atoms with Gasteiger partial charge in [0.2, 0.25) is 12.0 Å². The third-order valence-corrected chi connectivity index (χ3v) is 4.31. The number of piperidine rings is 1. The molecule has 27 heavy (non-hydrogen) atoms. The summed E-state index contributed by atoms with van der Waals surface area (Å²) in [7, 11) is 1.81. The van der Waals surface area contributed by atoms with Crippen LogP contribution in [-0.4, -0.2) is 40.0 Å². The summed E-state index contributed by atoms with van der Waals surface area (Å²) in [6, 6.07) is 7.32. The topological polar surface area (TPSA) is 88.8 Å². The van der Waals surface area contributed by atoms with Crippen LogP contribution < -0.4 is 10.2 Å². The number of carbonyl (C=O) groups excluding carboxylic acids is 2. The van der Waals surface area contributed by atoms with Gasteiger partial charge in [-0.2, -0.15) is 5.10 Å². The van der Waals surface area contributed by atoms with Gasteiger partial charge in [-0.25, -0.2) is 0 Å². The number of hydrogen-bond acceptors (Lipinski definition) is 5. The number of amides is 2. The second kappa shape index (κ2) is 8.03. The van der Waals surface area contributed by atoms with E-state index in [1.165, 1.54) is 6.92 Å². The highest BCUT2D eigenvalue weighted by Crippen LogP contribution is 2.22. The van der Waals surface area contributed by atoms with E-state index >= 15 is 0 Å². The van der Waals surface area contributed by atoms with Crippen molar-refractivity contribution in [3.63, 3.8) is 0 Å². The molecule has 2 heterocycles. The molecule has 3 rings (SSSR count). The van der Waals surface area contributed by atoms with Gasteiger partial charge in [0, 0.05) is 38.0 Å². The normalized spacial score (nSPS) is 17.7. The van der Waals surface area contributed by atoms with Crippen LogP contribution in [-0.2, 0) is 21.5 Å². The summed E-state index contributed by atoms with van der Waals surface area (Å²) in [6.07, 6.45) is 4.31. The largest absolute Gasteiger partial charge is 0.382 e. The Kier molecular flexibility index (Phi) is 5.54. The number of aromatic nitrogens is 2. The molecule has 1 aliphatic heterocycles. The van der Waals surface area contributed by atoms with Crippen molar-refractivity contribution < 1.29 is 14.4 Å². The first kappa shape index (κ1) is 18.6. The van der Waals surface area contributed by atoms with E-state index in [0.29, 0.717) is 24.4 Å². The lowest BCUT2D eigenvalue weighted by molar-refractivity contribution is -0.132. The SMILES string of the molecule is CC(=O)Nc1cccc(C(C)=NOC2CCCN(c3cnn(C)c3)C2=O)c1. The van der Waals surface area contributed by atoms with E-state index in [-0.39, 0.29) is 11.8 Å². The Morgan fingerprint density at radius 3 is 2.89 bits per heavy atom. The minimum atomic E-state index is -0.618. The van der Waals surface area contributed by atoms with Crippen LogP contribution in [0.15, 0.2) is 41.8 Å². The van der Waals surface area contributed by atoms with Gasteiger partial charge in [-0.15, -0.1) is 0 Å². The first-order valence-corrected chi connectivity index (χ1v) is 8.82. The third kappa shape index (κ3) is 4.52. The quantitative estimate of drug-likeness (QED) is 0.647. The van der Waals surface area contributed by atoms with Gasteiger partial charge in [0.25, 0.3) is 5.91 Å². The number of rotatable bonds is 5. The summed E-state index contributed by atoms with van der Waals surface area (Å²) in [5, 5.41) is 11.0. The Morgan fingerprint density at radius 2 is 2.19 bits per heavy atom. The summed E-state index contributed by atoms with van der Waals surface area (Å²) in [4.78, 5) is 31.2. The molecule has 142 valence electrons. The highest BCUT2D eigenvalue weighted by atomic mass is 16.6. The first-order valence-electron chi connectivity index (χ1n) is 8.82. The number of aryl methyl sites for hydroxylation is 1. The molecule has 0 radical (unpaired) electrons. The maximum atomic E-state index is 12.7. The van der Waals surface area contributed by atoms with Crippen molar-refractivity contribution in [1.29, 1.82) is 0 Å². The zero-order valence-electron chi connectivity index (χ0n) is 15.7. The molecule has 2 amide bonds. The molecule has 8 heteroatoms. The molecule has 0 aliphatic carbocycles. The highest BCUT2D eigenvalue weighted by molar-refractivity contribution is 6.00. The second-order valence-electron chi connectivity index (χ2n) is 6.54. The summed E-state index contributed by atoms with van der Waals surface area (Å²) >= 11 is 0. The van der Waals surface area contributed by atoms with Crippen molar-refractivity contribution in [2.45, 2.75) is 32.8 Å². The number of anilines is 2. The molecule has 2 aromatic rings. The molecule has 1 N–H and O–H groups in total. The highest BCUT2D eigenvalue weighted by Gasteiger charge is 2.32. The minimum Gasteiger partial charge on any atom is -0.382 e. The van der Waals surface area contributed by atoms with E-state index in [1.807, 2.05) is 31.4 Å². The number of carbonyl (C=O) groups is 2. The van der Waals surface area contributed by atoms with Gasteiger partial charge in [-0.1, -0.05) is 17.3 Å². The van der Waals surface area contributed by atoms with Crippen LogP contribution in [0.2, 0.25) is 0 Å². The average Bonchev–Trinajstić information content (AvgIpc) is 3.06. The molecular formula is C19H23N5O3. The molecule has 0 spiro atoms. The van der Waals surface area contributed by atoms with Crippen LogP contribution in [0, 0.1) is 0 Å². The van der Waals surface area contributed by atoms with Crippen molar-refractivity contribution in [2.24, 2.45) is 12.2 Å². The monoisotopic (exact) mass is 369 g/mol. The fourth-order valence-corrected chi connectivity index (χ4v) is 2.96. The lowest BCUT2D eigenvalue weighted by atomic mass is 10.1. The Morgan fingerprint density at radius 1 is 1.37 bits per heavy atom. The predicted octanol–water partition coefficient (Wildman–Crippen LogP) is 2.31. The van der Waals surface area contributed by atoms with Gasteiger partial charge in [0.15, 0.2) is 0 Å². The molecule has 1 fully saturated rings. The van der Waals surface area contributed by atoms with Crippen molar-refractivity contribution in [1.82, 2.24) is 9.78 Å². The summed E-state index contributed by atoms with van der Waals surface area (Å²) < 4.78 is 1.66. The maximum Gasteiger partial charge on any atom is 0.270 e. The number of nitrogens with zero attached hydrogens (tertiary/aromatic N) is 4. The summed E-state index contributed by atoms with van der Waals surface area (Å²) in [5.41, 5.74) is 2.90. The maximum absolute atomic E-state index is 12.7. The van der Waals surface area contributed by atoms with Gasteiger partial charge in [0.05, 0.1) is 17.6 Å². The van der Waals surface area contributed by atoms with Gasteiger partial charge >= 0.3 is 0 Å². The van der Waals surface area contributed by atoms with E-state index in [2.05, 4.69) is 15.6 Å². The fraction of sp³-hybridized carbons (Fsp3) is 0.368. The van der Waals surface area contributed by atoms with Crippen LogP contribution in [0.25, 0.3) is 0 Å².